The van der Waals surface area contributed by atoms with Gasteiger partial charge in [0.15, 0.2) is 6.61 Å². The molecule has 9 heteroatoms. The number of hydrogen-bond donors (Lipinski definition) is 1. The van der Waals surface area contributed by atoms with E-state index in [1.807, 2.05) is 12.1 Å². The third-order valence-electron chi connectivity index (χ3n) is 4.68. The fourth-order valence-corrected chi connectivity index (χ4v) is 4.96. The highest BCUT2D eigenvalue weighted by Gasteiger charge is 2.30. The molecule has 7 nitrogen and oxygen atoms in total. The van der Waals surface area contributed by atoms with E-state index in [4.69, 9.17) is 9.47 Å². The summed E-state index contributed by atoms with van der Waals surface area (Å²) in [4.78, 5) is 12.4. The number of sulfonamides is 1. The lowest BCUT2D eigenvalue weighted by molar-refractivity contribution is -0.124. The van der Waals surface area contributed by atoms with Gasteiger partial charge >= 0.3 is 0 Å². The molecule has 1 amide bonds. The topological polar surface area (TPSA) is 84.9 Å². The molecule has 0 unspecified atom stereocenters. The van der Waals surface area contributed by atoms with Crippen molar-refractivity contribution in [3.05, 3.63) is 53.0 Å². The van der Waals surface area contributed by atoms with E-state index in [1.54, 1.807) is 36.4 Å². The average Bonchev–Trinajstić information content (AvgIpc) is 2.73. The summed E-state index contributed by atoms with van der Waals surface area (Å²) in [5.74, 6) is 0.992. The van der Waals surface area contributed by atoms with E-state index in [0.717, 1.165) is 4.47 Å². The van der Waals surface area contributed by atoms with Crippen LogP contribution in [0, 0.1) is 0 Å². The minimum atomic E-state index is -3.55. The van der Waals surface area contributed by atoms with Crippen LogP contribution in [-0.4, -0.2) is 51.5 Å². The van der Waals surface area contributed by atoms with Crippen LogP contribution in [0.4, 0.5) is 0 Å². The fourth-order valence-electron chi connectivity index (χ4n) is 3.11. The first-order chi connectivity index (χ1) is 13.9. The molecule has 2 aromatic rings. The number of ether oxygens (including phenoxy) is 2. The Kier molecular flexibility index (Phi) is 7.15. The van der Waals surface area contributed by atoms with Crippen LogP contribution in [0.25, 0.3) is 0 Å². The number of carbonyl (C=O) groups is 1. The first-order valence-electron chi connectivity index (χ1n) is 9.20. The van der Waals surface area contributed by atoms with E-state index < -0.39 is 10.0 Å². The van der Waals surface area contributed by atoms with E-state index in [0.29, 0.717) is 37.4 Å². The number of carbonyl (C=O) groups excluding carboxylic acids is 1. The molecule has 0 aliphatic carbocycles. The molecule has 0 spiro atoms. The van der Waals surface area contributed by atoms with Crippen LogP contribution >= 0.6 is 15.9 Å². The number of amides is 1. The van der Waals surface area contributed by atoms with Gasteiger partial charge in [0.25, 0.3) is 5.91 Å². The lowest BCUT2D eigenvalue weighted by atomic mass is 10.1. The largest absolute Gasteiger partial charge is 0.497 e. The molecule has 0 saturated carbocycles. The van der Waals surface area contributed by atoms with Gasteiger partial charge in [0, 0.05) is 23.6 Å². The molecule has 1 heterocycles. The van der Waals surface area contributed by atoms with E-state index in [1.165, 1.54) is 11.4 Å². The Morgan fingerprint density at radius 3 is 2.45 bits per heavy atom. The summed E-state index contributed by atoms with van der Waals surface area (Å²) in [6, 6.07) is 13.5. The number of nitrogens with one attached hydrogen (secondary N) is 1. The lowest BCUT2D eigenvalue weighted by Gasteiger charge is -2.31. The lowest BCUT2D eigenvalue weighted by Crippen LogP contribution is -2.47. The Labute approximate surface area is 179 Å². The molecule has 1 saturated heterocycles. The number of methoxy groups -OCH3 is 1. The molecule has 0 bridgehead atoms. The van der Waals surface area contributed by atoms with Crippen LogP contribution in [0.15, 0.2) is 57.9 Å². The highest BCUT2D eigenvalue weighted by Crippen LogP contribution is 2.23. The van der Waals surface area contributed by atoms with Gasteiger partial charge in [-0.2, -0.15) is 4.31 Å². The highest BCUT2D eigenvalue weighted by molar-refractivity contribution is 9.10. The first kappa shape index (κ1) is 21.6. The SMILES string of the molecule is COc1ccc(S(=O)(=O)N2CCC(NC(=O)COc3cccc(Br)c3)CC2)cc1. The van der Waals surface area contributed by atoms with Gasteiger partial charge in [-0.15, -0.1) is 0 Å². The number of nitrogens with zero attached hydrogens (tertiary/aromatic N) is 1. The van der Waals surface area contributed by atoms with Gasteiger partial charge in [-0.25, -0.2) is 8.42 Å². The number of halogens is 1. The molecule has 1 fully saturated rings. The number of piperidine rings is 1. The van der Waals surface area contributed by atoms with E-state index in [-0.39, 0.29) is 23.5 Å². The average molecular weight is 483 g/mol. The van der Waals surface area contributed by atoms with Crippen molar-refractivity contribution in [2.75, 3.05) is 26.8 Å². The zero-order valence-electron chi connectivity index (χ0n) is 16.0. The summed E-state index contributed by atoms with van der Waals surface area (Å²) in [5, 5.41) is 2.92. The quantitative estimate of drug-likeness (QED) is 0.655. The summed E-state index contributed by atoms with van der Waals surface area (Å²) < 4.78 is 38.4. The van der Waals surface area contributed by atoms with Crippen LogP contribution in [0.1, 0.15) is 12.8 Å². The van der Waals surface area contributed by atoms with Gasteiger partial charge in [-0.3, -0.25) is 4.79 Å². The van der Waals surface area contributed by atoms with Gasteiger partial charge in [-0.05, 0) is 55.3 Å². The van der Waals surface area contributed by atoms with Gasteiger partial charge in [0.2, 0.25) is 10.0 Å². The molecule has 0 radical (unpaired) electrons. The van der Waals surface area contributed by atoms with Crippen LogP contribution in [0.3, 0.4) is 0 Å². The molecule has 156 valence electrons. The second kappa shape index (κ2) is 9.60. The molecule has 29 heavy (non-hydrogen) atoms. The first-order valence-corrected chi connectivity index (χ1v) is 11.4. The van der Waals surface area contributed by atoms with E-state index in [9.17, 15) is 13.2 Å². The van der Waals surface area contributed by atoms with Crippen LogP contribution in [0.5, 0.6) is 11.5 Å². The van der Waals surface area contributed by atoms with E-state index in [2.05, 4.69) is 21.2 Å². The Hall–Kier alpha value is -2.10. The van der Waals surface area contributed by atoms with Crippen LogP contribution in [0.2, 0.25) is 0 Å². The summed E-state index contributed by atoms with van der Waals surface area (Å²) >= 11 is 3.35. The van der Waals surface area contributed by atoms with Crippen molar-refractivity contribution in [3.8, 4) is 11.5 Å². The maximum atomic E-state index is 12.8. The van der Waals surface area contributed by atoms with Crippen molar-refractivity contribution >= 4 is 31.9 Å². The Balaban J connectivity index is 1.48. The monoisotopic (exact) mass is 482 g/mol. The summed E-state index contributed by atoms with van der Waals surface area (Å²) in [7, 11) is -2.02. The normalized spacial score (nSPS) is 15.7. The van der Waals surface area contributed by atoms with Crippen molar-refractivity contribution in [1.29, 1.82) is 0 Å². The smallest absolute Gasteiger partial charge is 0.258 e. The number of rotatable bonds is 7. The second-order valence-electron chi connectivity index (χ2n) is 6.67. The maximum Gasteiger partial charge on any atom is 0.258 e. The van der Waals surface area contributed by atoms with Gasteiger partial charge < -0.3 is 14.8 Å². The van der Waals surface area contributed by atoms with E-state index >= 15 is 0 Å². The molecule has 1 N–H and O–H groups in total. The van der Waals surface area contributed by atoms with Gasteiger partial charge in [0.1, 0.15) is 11.5 Å². The predicted molar refractivity (Wildman–Crippen MR) is 113 cm³/mol. The highest BCUT2D eigenvalue weighted by atomic mass is 79.9. The molecule has 2 aromatic carbocycles. The fraction of sp³-hybridized carbons (Fsp3) is 0.350. The zero-order valence-corrected chi connectivity index (χ0v) is 18.4. The Morgan fingerprint density at radius 1 is 1.14 bits per heavy atom. The standard InChI is InChI=1S/C20H23BrN2O5S/c1-27-17-5-7-19(8-6-17)29(25,26)23-11-9-16(10-12-23)22-20(24)14-28-18-4-2-3-15(21)13-18/h2-8,13,16H,9-12,14H2,1H3,(H,22,24). The predicted octanol–water partition coefficient (Wildman–Crippen LogP) is 2.81. The molecule has 1 aliphatic heterocycles. The number of benzene rings is 2. The molecule has 1 aliphatic rings. The maximum absolute atomic E-state index is 12.8. The zero-order chi connectivity index (χ0) is 20.9. The van der Waals surface area contributed by atoms with Crippen molar-refractivity contribution in [1.82, 2.24) is 9.62 Å². The van der Waals surface area contributed by atoms with Crippen molar-refractivity contribution in [3.63, 3.8) is 0 Å². The van der Waals surface area contributed by atoms with Crippen LogP contribution < -0.4 is 14.8 Å². The molecular weight excluding hydrogens is 460 g/mol. The molecular formula is C20H23BrN2O5S. The minimum Gasteiger partial charge on any atom is -0.497 e. The summed E-state index contributed by atoms with van der Waals surface area (Å²) in [6.07, 6.45) is 1.11. The molecule has 3 rings (SSSR count). The van der Waals surface area contributed by atoms with Gasteiger partial charge in [0.05, 0.1) is 12.0 Å². The second-order valence-corrected chi connectivity index (χ2v) is 9.52. The third kappa shape index (κ3) is 5.71. The summed E-state index contributed by atoms with van der Waals surface area (Å²) in [5.41, 5.74) is 0. The summed E-state index contributed by atoms with van der Waals surface area (Å²) in [6.45, 7) is 0.623. The Bertz CT molecular complexity index is 942. The molecule has 0 atom stereocenters. The molecule has 0 aromatic heterocycles. The minimum absolute atomic E-state index is 0.0732. The van der Waals surface area contributed by atoms with Crippen LogP contribution in [-0.2, 0) is 14.8 Å². The van der Waals surface area contributed by atoms with Crippen molar-refractivity contribution in [2.24, 2.45) is 0 Å². The Morgan fingerprint density at radius 2 is 1.83 bits per heavy atom. The third-order valence-corrected chi connectivity index (χ3v) is 7.09. The van der Waals surface area contributed by atoms with Gasteiger partial charge in [-0.1, -0.05) is 22.0 Å². The van der Waals surface area contributed by atoms with Crippen molar-refractivity contribution in [2.45, 2.75) is 23.8 Å². The number of hydrogen-bond acceptors (Lipinski definition) is 5. The van der Waals surface area contributed by atoms with Crippen molar-refractivity contribution < 1.29 is 22.7 Å².